The van der Waals surface area contributed by atoms with E-state index in [1.54, 1.807) is 13.3 Å². The quantitative estimate of drug-likeness (QED) is 0.483. The third kappa shape index (κ3) is 3.74. The van der Waals surface area contributed by atoms with Crippen LogP contribution in [0.15, 0.2) is 54.7 Å². The van der Waals surface area contributed by atoms with Crippen LogP contribution in [0.4, 0.5) is 0 Å². The zero-order valence-electron chi connectivity index (χ0n) is 17.2. The maximum atomic E-state index is 5.96. The van der Waals surface area contributed by atoms with Gasteiger partial charge in [-0.1, -0.05) is 55.5 Å². The molecule has 0 spiro atoms. The largest absolute Gasteiger partial charge is 0.491 e. The van der Waals surface area contributed by atoms with Crippen molar-refractivity contribution in [1.82, 2.24) is 25.6 Å². The topological polar surface area (TPSA) is 85.8 Å². The molecule has 0 saturated heterocycles. The Hall–Kier alpha value is -3.74. The summed E-state index contributed by atoms with van der Waals surface area (Å²) in [5.41, 5.74) is 6.01. The zero-order valence-corrected chi connectivity index (χ0v) is 17.2. The number of pyridine rings is 1. The molecule has 2 aromatic heterocycles. The predicted octanol–water partition coefficient (Wildman–Crippen LogP) is 4.70. The van der Waals surface area contributed by atoms with Gasteiger partial charge in [-0.3, -0.25) is 0 Å². The lowest BCUT2D eigenvalue weighted by Gasteiger charge is -2.16. The van der Waals surface area contributed by atoms with Crippen LogP contribution in [-0.4, -0.2) is 39.3 Å². The second-order valence-electron chi connectivity index (χ2n) is 6.84. The number of ether oxygens (including phenoxy) is 2. The van der Waals surface area contributed by atoms with Crippen molar-refractivity contribution in [2.75, 3.05) is 13.7 Å². The van der Waals surface area contributed by atoms with Gasteiger partial charge in [0.25, 0.3) is 0 Å². The molecule has 0 fully saturated rings. The molecule has 0 aliphatic rings. The SMILES string of the molecule is CCCOc1cnc(OC)c(C)c1-c1ccc(-c2ccccc2-c2nn[nH]n2)cc1. The summed E-state index contributed by atoms with van der Waals surface area (Å²) in [6.07, 6.45) is 2.66. The van der Waals surface area contributed by atoms with Crippen LogP contribution in [0.25, 0.3) is 33.6 Å². The Morgan fingerprint density at radius 3 is 2.37 bits per heavy atom. The molecule has 7 heteroatoms. The van der Waals surface area contributed by atoms with Gasteiger partial charge in [-0.15, -0.1) is 10.2 Å². The second kappa shape index (κ2) is 8.73. The Kier molecular flexibility index (Phi) is 5.70. The number of H-pyrrole nitrogens is 1. The molecule has 152 valence electrons. The van der Waals surface area contributed by atoms with E-state index in [2.05, 4.69) is 62.9 Å². The molecule has 4 rings (SSSR count). The number of aromatic amines is 1. The number of rotatable bonds is 7. The Labute approximate surface area is 175 Å². The fourth-order valence-electron chi connectivity index (χ4n) is 3.48. The summed E-state index contributed by atoms with van der Waals surface area (Å²) in [5, 5.41) is 14.4. The Balaban J connectivity index is 1.76. The van der Waals surface area contributed by atoms with E-state index in [0.29, 0.717) is 18.3 Å². The highest BCUT2D eigenvalue weighted by Crippen LogP contribution is 2.38. The van der Waals surface area contributed by atoms with Crippen molar-refractivity contribution >= 4 is 0 Å². The Morgan fingerprint density at radius 1 is 0.967 bits per heavy atom. The lowest BCUT2D eigenvalue weighted by molar-refractivity contribution is 0.315. The highest BCUT2D eigenvalue weighted by molar-refractivity contribution is 5.83. The minimum Gasteiger partial charge on any atom is -0.491 e. The van der Waals surface area contributed by atoms with Crippen molar-refractivity contribution < 1.29 is 9.47 Å². The lowest BCUT2D eigenvalue weighted by atomic mass is 9.95. The van der Waals surface area contributed by atoms with Crippen molar-refractivity contribution in [2.45, 2.75) is 20.3 Å². The summed E-state index contributed by atoms with van der Waals surface area (Å²) in [7, 11) is 1.63. The molecule has 0 amide bonds. The normalized spacial score (nSPS) is 10.8. The van der Waals surface area contributed by atoms with E-state index in [1.807, 2.05) is 25.1 Å². The van der Waals surface area contributed by atoms with E-state index in [1.165, 1.54) is 0 Å². The molecule has 2 aromatic carbocycles. The molecule has 7 nitrogen and oxygen atoms in total. The Morgan fingerprint density at radius 2 is 1.70 bits per heavy atom. The molecule has 0 saturated carbocycles. The van der Waals surface area contributed by atoms with Crippen LogP contribution in [0.1, 0.15) is 18.9 Å². The number of methoxy groups -OCH3 is 1. The first-order valence-corrected chi connectivity index (χ1v) is 9.83. The molecule has 0 unspecified atom stereocenters. The van der Waals surface area contributed by atoms with Gasteiger partial charge in [0.05, 0.1) is 19.9 Å². The summed E-state index contributed by atoms with van der Waals surface area (Å²) in [4.78, 5) is 4.37. The van der Waals surface area contributed by atoms with E-state index < -0.39 is 0 Å². The van der Waals surface area contributed by atoms with Gasteiger partial charge in [0.15, 0.2) is 0 Å². The third-order valence-corrected chi connectivity index (χ3v) is 4.89. The van der Waals surface area contributed by atoms with Gasteiger partial charge in [0, 0.05) is 16.7 Å². The number of aromatic nitrogens is 5. The maximum Gasteiger partial charge on any atom is 0.216 e. The lowest BCUT2D eigenvalue weighted by Crippen LogP contribution is -2.01. The highest BCUT2D eigenvalue weighted by Gasteiger charge is 2.16. The summed E-state index contributed by atoms with van der Waals surface area (Å²) in [6.45, 7) is 4.72. The first-order chi connectivity index (χ1) is 14.7. The smallest absolute Gasteiger partial charge is 0.216 e. The van der Waals surface area contributed by atoms with Crippen LogP contribution in [0.3, 0.4) is 0 Å². The third-order valence-electron chi connectivity index (χ3n) is 4.89. The summed E-state index contributed by atoms with van der Waals surface area (Å²) < 4.78 is 11.4. The van der Waals surface area contributed by atoms with E-state index in [9.17, 15) is 0 Å². The van der Waals surface area contributed by atoms with Crippen molar-refractivity contribution in [1.29, 1.82) is 0 Å². The summed E-state index contributed by atoms with van der Waals surface area (Å²) in [5.74, 6) is 1.93. The maximum absolute atomic E-state index is 5.96. The van der Waals surface area contributed by atoms with Crippen molar-refractivity contribution in [3.63, 3.8) is 0 Å². The number of nitrogens with zero attached hydrogens (tertiary/aromatic N) is 4. The zero-order chi connectivity index (χ0) is 20.9. The van der Waals surface area contributed by atoms with E-state index in [4.69, 9.17) is 9.47 Å². The van der Waals surface area contributed by atoms with Crippen LogP contribution < -0.4 is 9.47 Å². The number of nitrogens with one attached hydrogen (secondary N) is 1. The predicted molar refractivity (Wildman–Crippen MR) is 115 cm³/mol. The molecule has 0 radical (unpaired) electrons. The highest BCUT2D eigenvalue weighted by atomic mass is 16.5. The molecule has 0 bridgehead atoms. The molecule has 0 atom stereocenters. The summed E-state index contributed by atoms with van der Waals surface area (Å²) in [6, 6.07) is 16.4. The van der Waals surface area contributed by atoms with Crippen LogP contribution in [-0.2, 0) is 0 Å². The summed E-state index contributed by atoms with van der Waals surface area (Å²) >= 11 is 0. The van der Waals surface area contributed by atoms with Gasteiger partial charge in [-0.05, 0) is 35.2 Å². The number of tetrazole rings is 1. The van der Waals surface area contributed by atoms with Crippen LogP contribution >= 0.6 is 0 Å². The van der Waals surface area contributed by atoms with Gasteiger partial charge in [-0.25, -0.2) is 4.98 Å². The van der Waals surface area contributed by atoms with Gasteiger partial charge < -0.3 is 9.47 Å². The molecular formula is C23H23N5O2. The molecule has 2 heterocycles. The van der Waals surface area contributed by atoms with Crippen LogP contribution in [0.2, 0.25) is 0 Å². The van der Waals surface area contributed by atoms with E-state index in [-0.39, 0.29) is 0 Å². The molecule has 0 aliphatic carbocycles. The van der Waals surface area contributed by atoms with Crippen molar-refractivity contribution in [2.24, 2.45) is 0 Å². The minimum atomic E-state index is 0.569. The fraction of sp³-hybridized carbons (Fsp3) is 0.217. The standard InChI is InChI=1S/C23H23N5O2/c1-4-13-30-20-14-24-23(29-3)15(2)21(20)17-11-9-16(10-12-17)18-7-5-6-8-19(18)22-25-27-28-26-22/h5-12,14H,4,13H2,1-3H3,(H,25,26,27,28). The van der Waals surface area contributed by atoms with E-state index in [0.717, 1.165) is 45.6 Å². The van der Waals surface area contributed by atoms with Crippen molar-refractivity contribution in [3.05, 3.63) is 60.3 Å². The number of hydrogen-bond donors (Lipinski definition) is 1. The van der Waals surface area contributed by atoms with Gasteiger partial charge in [-0.2, -0.15) is 5.21 Å². The molecule has 1 N–H and O–H groups in total. The monoisotopic (exact) mass is 401 g/mol. The molecule has 30 heavy (non-hydrogen) atoms. The van der Waals surface area contributed by atoms with Crippen LogP contribution in [0.5, 0.6) is 11.6 Å². The fourth-order valence-corrected chi connectivity index (χ4v) is 3.48. The average molecular weight is 401 g/mol. The minimum absolute atomic E-state index is 0.569. The second-order valence-corrected chi connectivity index (χ2v) is 6.84. The first-order valence-electron chi connectivity index (χ1n) is 9.83. The van der Waals surface area contributed by atoms with E-state index >= 15 is 0 Å². The number of hydrogen-bond acceptors (Lipinski definition) is 6. The molecule has 4 aromatic rings. The molecular weight excluding hydrogens is 378 g/mol. The van der Waals surface area contributed by atoms with Gasteiger partial charge in [0.2, 0.25) is 11.7 Å². The van der Waals surface area contributed by atoms with Crippen molar-refractivity contribution in [3.8, 4) is 45.3 Å². The first kappa shape index (κ1) is 19.6. The Bertz CT molecular complexity index is 1130. The van der Waals surface area contributed by atoms with Gasteiger partial charge in [0.1, 0.15) is 5.75 Å². The van der Waals surface area contributed by atoms with Gasteiger partial charge >= 0.3 is 0 Å². The number of benzene rings is 2. The average Bonchev–Trinajstić information content (AvgIpc) is 3.33. The van der Waals surface area contributed by atoms with Crippen LogP contribution in [0, 0.1) is 6.92 Å². The molecule has 0 aliphatic heterocycles.